The van der Waals surface area contributed by atoms with Gasteiger partial charge in [-0.05, 0) is 29.8 Å². The van der Waals surface area contributed by atoms with Gasteiger partial charge in [0.25, 0.3) is 11.6 Å². The summed E-state index contributed by atoms with van der Waals surface area (Å²) in [7, 11) is 6.19. The topological polar surface area (TPSA) is 104 Å². The van der Waals surface area contributed by atoms with Crippen molar-refractivity contribution >= 4 is 17.3 Å². The molecule has 0 aliphatic carbocycles. The number of aryl methyl sites for hydroxylation is 1. The van der Waals surface area contributed by atoms with Crippen LogP contribution in [0, 0.1) is 10.1 Å². The lowest BCUT2D eigenvalue weighted by atomic mass is 10.1. The number of benzene rings is 2. The molecule has 0 radical (unpaired) electrons. The van der Waals surface area contributed by atoms with Crippen LogP contribution < -0.4 is 48.1 Å². The fraction of sp³-hybridized carbons (Fsp3) is 0.182. The molecular formula is C22H22IN3O6. The molecule has 0 unspecified atom stereocenters. The van der Waals surface area contributed by atoms with E-state index in [2.05, 4.69) is 5.32 Å². The molecule has 10 heteroatoms. The zero-order valence-electron chi connectivity index (χ0n) is 17.9. The molecule has 32 heavy (non-hydrogen) atoms. The van der Waals surface area contributed by atoms with Crippen LogP contribution in [0.25, 0.3) is 11.1 Å². The number of pyridine rings is 1. The van der Waals surface area contributed by atoms with Gasteiger partial charge in [-0.15, -0.1) is 0 Å². The van der Waals surface area contributed by atoms with Crippen molar-refractivity contribution in [2.45, 2.75) is 0 Å². The maximum atomic E-state index is 12.8. The highest BCUT2D eigenvalue weighted by molar-refractivity contribution is 6.06. The summed E-state index contributed by atoms with van der Waals surface area (Å²) in [5.74, 6) is 0.386. The number of ether oxygens (including phenoxy) is 3. The number of halogens is 1. The number of nitrogens with one attached hydrogen (secondary N) is 1. The SMILES string of the molecule is COc1cc(C(=O)Nc2ccc(-c3ccc[n+](C)c3)cc2[N+](=O)[O-])cc(OC)c1OC.[I-]. The molecule has 2 aromatic carbocycles. The molecule has 1 aromatic heterocycles. The van der Waals surface area contributed by atoms with Crippen molar-refractivity contribution in [1.82, 2.24) is 0 Å². The fourth-order valence-corrected chi connectivity index (χ4v) is 3.13. The molecule has 0 bridgehead atoms. The fourth-order valence-electron chi connectivity index (χ4n) is 3.13. The second kappa shape index (κ2) is 10.8. The highest BCUT2D eigenvalue weighted by atomic mass is 127. The average molecular weight is 551 g/mol. The quantitative estimate of drug-likeness (QED) is 0.197. The Balaban J connectivity index is 0.00000363. The van der Waals surface area contributed by atoms with Gasteiger partial charge < -0.3 is 43.5 Å². The number of carbonyl (C=O) groups excluding carboxylic acids is 1. The van der Waals surface area contributed by atoms with Crippen LogP contribution in [-0.2, 0) is 7.05 Å². The molecule has 1 amide bonds. The summed E-state index contributed by atoms with van der Waals surface area (Å²) in [6, 6.07) is 11.3. The lowest BCUT2D eigenvalue weighted by molar-refractivity contribution is -0.671. The predicted octanol–water partition coefficient (Wildman–Crippen LogP) is 0.368. The number of amides is 1. The van der Waals surface area contributed by atoms with Crippen LogP contribution >= 0.6 is 0 Å². The van der Waals surface area contributed by atoms with E-state index in [1.54, 1.807) is 6.07 Å². The number of nitrogens with zero attached hydrogens (tertiary/aromatic N) is 2. The van der Waals surface area contributed by atoms with E-state index in [0.717, 1.165) is 5.56 Å². The van der Waals surface area contributed by atoms with Crippen LogP contribution in [0.2, 0.25) is 0 Å². The molecule has 3 rings (SSSR count). The standard InChI is InChI=1S/C22H21N3O6.HI/c1-24-9-5-6-15(13-24)14-7-8-17(18(10-14)25(27)28)23-22(26)16-11-19(29-2)21(31-4)20(12-16)30-3;/h5-13H,1-4H3;1H. The first kappa shape index (κ1) is 24.9. The molecule has 0 atom stereocenters. The second-order valence-electron chi connectivity index (χ2n) is 6.62. The van der Waals surface area contributed by atoms with Gasteiger partial charge in [0.2, 0.25) is 5.75 Å². The number of hydrogen-bond donors (Lipinski definition) is 1. The van der Waals surface area contributed by atoms with Crippen molar-refractivity contribution in [2.75, 3.05) is 26.6 Å². The molecule has 9 nitrogen and oxygen atoms in total. The Labute approximate surface area is 202 Å². The second-order valence-corrected chi connectivity index (χ2v) is 6.62. The van der Waals surface area contributed by atoms with Gasteiger partial charge in [-0.2, -0.15) is 0 Å². The van der Waals surface area contributed by atoms with Crippen molar-refractivity contribution in [3.8, 4) is 28.4 Å². The molecule has 3 aromatic rings. The van der Waals surface area contributed by atoms with Crippen LogP contribution in [0.15, 0.2) is 54.9 Å². The molecule has 0 saturated carbocycles. The van der Waals surface area contributed by atoms with Crippen LogP contribution in [0.3, 0.4) is 0 Å². The Morgan fingerprint density at radius 3 is 2.19 bits per heavy atom. The molecule has 168 valence electrons. The van der Waals surface area contributed by atoms with E-state index >= 15 is 0 Å². The third kappa shape index (κ3) is 5.25. The third-order valence-corrected chi connectivity index (χ3v) is 4.64. The monoisotopic (exact) mass is 551 g/mol. The zero-order chi connectivity index (χ0) is 22.5. The number of anilines is 1. The number of nitro benzene ring substituents is 1. The largest absolute Gasteiger partial charge is 1.00 e. The van der Waals surface area contributed by atoms with Gasteiger partial charge in [-0.25, -0.2) is 4.57 Å². The van der Waals surface area contributed by atoms with E-state index < -0.39 is 10.8 Å². The number of carbonyl (C=O) groups is 1. The first-order valence-corrected chi connectivity index (χ1v) is 9.23. The van der Waals surface area contributed by atoms with Crippen LogP contribution in [0.1, 0.15) is 10.4 Å². The minimum Gasteiger partial charge on any atom is -1.00 e. The van der Waals surface area contributed by atoms with Crippen molar-refractivity contribution in [2.24, 2.45) is 7.05 Å². The third-order valence-electron chi connectivity index (χ3n) is 4.64. The van der Waals surface area contributed by atoms with Crippen LogP contribution in [0.5, 0.6) is 17.2 Å². The molecule has 0 fully saturated rings. The summed E-state index contributed by atoms with van der Waals surface area (Å²) in [5.41, 5.74) is 1.53. The van der Waals surface area contributed by atoms with Gasteiger partial charge in [-0.1, -0.05) is 6.07 Å². The van der Waals surface area contributed by atoms with Gasteiger partial charge >= 0.3 is 0 Å². The van der Waals surface area contributed by atoms with Gasteiger partial charge in [0.05, 0.1) is 26.3 Å². The normalized spacial score (nSPS) is 10.0. The molecular weight excluding hydrogens is 529 g/mol. The summed E-state index contributed by atoms with van der Waals surface area (Å²) in [5, 5.41) is 14.3. The zero-order valence-corrected chi connectivity index (χ0v) is 20.1. The number of methoxy groups -OCH3 is 3. The lowest BCUT2D eigenvalue weighted by Crippen LogP contribution is -3.00. The maximum Gasteiger partial charge on any atom is 0.293 e. The number of aromatic nitrogens is 1. The highest BCUT2D eigenvalue weighted by Crippen LogP contribution is 2.38. The summed E-state index contributed by atoms with van der Waals surface area (Å²) >= 11 is 0. The molecule has 0 spiro atoms. The molecule has 0 saturated heterocycles. The highest BCUT2D eigenvalue weighted by Gasteiger charge is 2.21. The van der Waals surface area contributed by atoms with Gasteiger partial charge in [0, 0.05) is 23.3 Å². The van der Waals surface area contributed by atoms with Crippen molar-refractivity contribution in [3.05, 3.63) is 70.5 Å². The molecule has 0 aliphatic heterocycles. The van der Waals surface area contributed by atoms with E-state index in [-0.39, 0.29) is 40.9 Å². The van der Waals surface area contributed by atoms with Crippen molar-refractivity contribution < 1.29 is 52.5 Å². The summed E-state index contributed by atoms with van der Waals surface area (Å²) in [6.45, 7) is 0. The first-order valence-electron chi connectivity index (χ1n) is 9.23. The lowest BCUT2D eigenvalue weighted by Gasteiger charge is -2.14. The van der Waals surface area contributed by atoms with E-state index in [9.17, 15) is 14.9 Å². The minimum absolute atomic E-state index is 0. The Morgan fingerprint density at radius 2 is 1.66 bits per heavy atom. The summed E-state index contributed by atoms with van der Waals surface area (Å²) < 4.78 is 17.6. The van der Waals surface area contributed by atoms with E-state index in [1.807, 2.05) is 36.1 Å². The average Bonchev–Trinajstić information content (AvgIpc) is 2.77. The van der Waals surface area contributed by atoms with Gasteiger partial charge in [0.15, 0.2) is 23.9 Å². The number of nitro groups is 1. The van der Waals surface area contributed by atoms with Gasteiger partial charge in [-0.3, -0.25) is 14.9 Å². The van der Waals surface area contributed by atoms with Crippen LogP contribution in [0.4, 0.5) is 11.4 Å². The first-order chi connectivity index (χ1) is 14.9. The number of rotatable bonds is 7. The van der Waals surface area contributed by atoms with E-state index in [4.69, 9.17) is 14.2 Å². The smallest absolute Gasteiger partial charge is 0.293 e. The Kier molecular flexibility index (Phi) is 8.35. The van der Waals surface area contributed by atoms with Crippen LogP contribution in [-0.4, -0.2) is 32.2 Å². The van der Waals surface area contributed by atoms with E-state index in [0.29, 0.717) is 22.8 Å². The molecule has 1 heterocycles. The Hall–Kier alpha value is -3.41. The minimum atomic E-state index is -0.554. The summed E-state index contributed by atoms with van der Waals surface area (Å²) in [4.78, 5) is 24.0. The molecule has 1 N–H and O–H groups in total. The van der Waals surface area contributed by atoms with Crippen molar-refractivity contribution in [3.63, 3.8) is 0 Å². The summed E-state index contributed by atoms with van der Waals surface area (Å²) in [6.07, 6.45) is 3.72. The van der Waals surface area contributed by atoms with E-state index in [1.165, 1.54) is 45.6 Å². The maximum absolute atomic E-state index is 12.8. The molecule has 0 aliphatic rings. The number of hydrogen-bond acceptors (Lipinski definition) is 6. The Morgan fingerprint density at radius 1 is 1.00 bits per heavy atom. The van der Waals surface area contributed by atoms with Gasteiger partial charge in [0.1, 0.15) is 12.7 Å². The van der Waals surface area contributed by atoms with Crippen molar-refractivity contribution in [1.29, 1.82) is 0 Å². The Bertz CT molecular complexity index is 1130. The predicted molar refractivity (Wildman–Crippen MR) is 114 cm³/mol.